The highest BCUT2D eigenvalue weighted by Crippen LogP contribution is 2.26. The fraction of sp³-hybridized carbons (Fsp3) is 0.500. The summed E-state index contributed by atoms with van der Waals surface area (Å²) >= 11 is 0. The van der Waals surface area contributed by atoms with Crippen molar-refractivity contribution in [2.24, 2.45) is 0 Å². The highest BCUT2D eigenvalue weighted by molar-refractivity contribution is 4.91. The van der Waals surface area contributed by atoms with Crippen LogP contribution in [0.1, 0.15) is 37.5 Å². The lowest BCUT2D eigenvalue weighted by atomic mass is 9.91. The van der Waals surface area contributed by atoms with Crippen LogP contribution >= 0.6 is 0 Å². The van der Waals surface area contributed by atoms with E-state index < -0.39 is 0 Å². The second-order valence-electron chi connectivity index (χ2n) is 5.16. The van der Waals surface area contributed by atoms with Crippen LogP contribution in [0.15, 0.2) is 40.1 Å². The number of oxazole rings is 1. The standard InChI is InChI=1S/C14H18N4O2/c19-14-2-1-7-17-18(14)12-5-3-11(4-6-12)16-9-13-8-15-10-20-13/h1-2,7-8,10-12,16H,3-6,9H2. The summed E-state index contributed by atoms with van der Waals surface area (Å²) in [7, 11) is 0. The summed E-state index contributed by atoms with van der Waals surface area (Å²) in [5.74, 6) is 0.855. The molecule has 1 fully saturated rings. The number of aromatic nitrogens is 3. The van der Waals surface area contributed by atoms with E-state index in [0.717, 1.165) is 31.4 Å². The number of rotatable bonds is 4. The van der Waals surface area contributed by atoms with Crippen molar-refractivity contribution in [3.63, 3.8) is 0 Å². The maximum Gasteiger partial charge on any atom is 0.266 e. The third-order valence-electron chi connectivity index (χ3n) is 3.83. The molecule has 2 aromatic rings. The van der Waals surface area contributed by atoms with Crippen LogP contribution in [0.5, 0.6) is 0 Å². The van der Waals surface area contributed by atoms with E-state index in [9.17, 15) is 4.79 Å². The molecule has 0 radical (unpaired) electrons. The minimum atomic E-state index is -0.00873. The topological polar surface area (TPSA) is 73.0 Å². The van der Waals surface area contributed by atoms with Gasteiger partial charge in [-0.05, 0) is 31.7 Å². The minimum absolute atomic E-state index is 0.00873. The van der Waals surface area contributed by atoms with E-state index in [-0.39, 0.29) is 11.6 Å². The molecule has 0 spiro atoms. The van der Waals surface area contributed by atoms with Crippen LogP contribution in [-0.4, -0.2) is 20.8 Å². The van der Waals surface area contributed by atoms with Crippen molar-refractivity contribution >= 4 is 0 Å². The Morgan fingerprint density at radius 2 is 2.20 bits per heavy atom. The van der Waals surface area contributed by atoms with Crippen LogP contribution in [0.3, 0.4) is 0 Å². The Hall–Kier alpha value is -1.95. The molecule has 1 saturated carbocycles. The predicted molar refractivity (Wildman–Crippen MR) is 73.1 cm³/mol. The summed E-state index contributed by atoms with van der Waals surface area (Å²) in [6, 6.07) is 3.95. The highest BCUT2D eigenvalue weighted by atomic mass is 16.3. The molecule has 1 aliphatic rings. The zero-order valence-corrected chi connectivity index (χ0v) is 11.2. The first-order valence-electron chi connectivity index (χ1n) is 6.97. The van der Waals surface area contributed by atoms with Gasteiger partial charge in [0.05, 0.1) is 18.8 Å². The average molecular weight is 274 g/mol. The van der Waals surface area contributed by atoms with Crippen molar-refractivity contribution in [3.05, 3.63) is 47.0 Å². The Balaban J connectivity index is 1.52. The Morgan fingerprint density at radius 1 is 1.35 bits per heavy atom. The largest absolute Gasteiger partial charge is 0.447 e. The van der Waals surface area contributed by atoms with Crippen LogP contribution in [0.4, 0.5) is 0 Å². The Labute approximate surface area is 116 Å². The van der Waals surface area contributed by atoms with Gasteiger partial charge in [0.2, 0.25) is 0 Å². The summed E-state index contributed by atoms with van der Waals surface area (Å²) in [4.78, 5) is 15.6. The molecule has 3 rings (SSSR count). The molecule has 6 heteroatoms. The van der Waals surface area contributed by atoms with Crippen LogP contribution in [0.2, 0.25) is 0 Å². The third kappa shape index (κ3) is 2.96. The van der Waals surface area contributed by atoms with Crippen molar-refractivity contribution in [1.29, 1.82) is 0 Å². The zero-order valence-electron chi connectivity index (χ0n) is 11.2. The molecule has 2 aromatic heterocycles. The molecule has 0 atom stereocenters. The van der Waals surface area contributed by atoms with Gasteiger partial charge in [0.15, 0.2) is 6.39 Å². The van der Waals surface area contributed by atoms with Gasteiger partial charge in [-0.15, -0.1) is 0 Å². The first kappa shape index (κ1) is 13.1. The summed E-state index contributed by atoms with van der Waals surface area (Å²) in [5, 5.41) is 7.64. The van der Waals surface area contributed by atoms with E-state index >= 15 is 0 Å². The normalized spacial score (nSPS) is 22.8. The molecule has 0 saturated heterocycles. The summed E-state index contributed by atoms with van der Waals surface area (Å²) in [5.41, 5.74) is -0.00873. The van der Waals surface area contributed by atoms with Crippen LogP contribution in [0, 0.1) is 0 Å². The van der Waals surface area contributed by atoms with Gasteiger partial charge in [-0.25, -0.2) is 9.67 Å². The monoisotopic (exact) mass is 274 g/mol. The fourth-order valence-electron chi connectivity index (χ4n) is 2.74. The molecular formula is C14H18N4O2. The smallest absolute Gasteiger partial charge is 0.266 e. The van der Waals surface area contributed by atoms with E-state index in [2.05, 4.69) is 15.4 Å². The van der Waals surface area contributed by atoms with Gasteiger partial charge in [-0.1, -0.05) is 0 Å². The van der Waals surface area contributed by atoms with Gasteiger partial charge in [0, 0.05) is 18.3 Å². The van der Waals surface area contributed by atoms with Crippen LogP contribution in [-0.2, 0) is 6.54 Å². The average Bonchev–Trinajstić information content (AvgIpc) is 3.00. The van der Waals surface area contributed by atoms with Crippen LogP contribution in [0.25, 0.3) is 0 Å². The Kier molecular flexibility index (Phi) is 3.92. The number of nitrogens with zero attached hydrogens (tertiary/aromatic N) is 3. The lowest BCUT2D eigenvalue weighted by Crippen LogP contribution is -2.36. The van der Waals surface area contributed by atoms with Gasteiger partial charge in [0.25, 0.3) is 5.56 Å². The van der Waals surface area contributed by atoms with Gasteiger partial charge in [-0.2, -0.15) is 5.10 Å². The third-order valence-corrected chi connectivity index (χ3v) is 3.83. The van der Waals surface area contributed by atoms with Crippen molar-refractivity contribution in [1.82, 2.24) is 20.1 Å². The summed E-state index contributed by atoms with van der Waals surface area (Å²) in [6.07, 6.45) is 8.89. The van der Waals surface area contributed by atoms with E-state index in [1.807, 2.05) is 0 Å². The SMILES string of the molecule is O=c1cccnn1C1CCC(NCc2cnco2)CC1. The Bertz CT molecular complexity index is 585. The molecule has 0 aliphatic heterocycles. The van der Waals surface area contributed by atoms with Crippen molar-refractivity contribution in [3.8, 4) is 0 Å². The number of nitrogens with one attached hydrogen (secondary N) is 1. The summed E-state index contributed by atoms with van der Waals surface area (Å²) in [6.45, 7) is 0.707. The highest BCUT2D eigenvalue weighted by Gasteiger charge is 2.23. The number of hydrogen-bond acceptors (Lipinski definition) is 5. The van der Waals surface area contributed by atoms with E-state index in [0.29, 0.717) is 12.6 Å². The van der Waals surface area contributed by atoms with Gasteiger partial charge in [-0.3, -0.25) is 4.79 Å². The van der Waals surface area contributed by atoms with Crippen molar-refractivity contribution in [2.75, 3.05) is 0 Å². The minimum Gasteiger partial charge on any atom is -0.447 e. The molecule has 0 bridgehead atoms. The van der Waals surface area contributed by atoms with E-state index in [1.165, 1.54) is 6.39 Å². The van der Waals surface area contributed by atoms with Gasteiger partial charge in [0.1, 0.15) is 5.76 Å². The van der Waals surface area contributed by atoms with Crippen molar-refractivity contribution < 1.29 is 4.42 Å². The molecule has 6 nitrogen and oxygen atoms in total. The van der Waals surface area contributed by atoms with Crippen LogP contribution < -0.4 is 10.9 Å². The second-order valence-corrected chi connectivity index (χ2v) is 5.16. The lowest BCUT2D eigenvalue weighted by Gasteiger charge is -2.29. The van der Waals surface area contributed by atoms with Gasteiger partial charge >= 0.3 is 0 Å². The zero-order chi connectivity index (χ0) is 13.8. The molecule has 106 valence electrons. The molecule has 0 aromatic carbocycles. The first-order chi connectivity index (χ1) is 9.83. The molecule has 20 heavy (non-hydrogen) atoms. The molecule has 2 heterocycles. The summed E-state index contributed by atoms with van der Waals surface area (Å²) < 4.78 is 6.82. The van der Waals surface area contributed by atoms with Crippen molar-refractivity contribution in [2.45, 2.75) is 44.3 Å². The quantitative estimate of drug-likeness (QED) is 0.914. The second kappa shape index (κ2) is 6.00. The van der Waals surface area contributed by atoms with E-state index in [1.54, 1.807) is 29.2 Å². The fourth-order valence-corrected chi connectivity index (χ4v) is 2.74. The molecular weight excluding hydrogens is 256 g/mol. The Morgan fingerprint density at radius 3 is 2.90 bits per heavy atom. The lowest BCUT2D eigenvalue weighted by molar-refractivity contribution is 0.265. The molecule has 1 aliphatic carbocycles. The maximum absolute atomic E-state index is 11.7. The predicted octanol–water partition coefficient (Wildman–Crippen LogP) is 1.50. The maximum atomic E-state index is 11.7. The van der Waals surface area contributed by atoms with E-state index in [4.69, 9.17) is 4.42 Å². The van der Waals surface area contributed by atoms with Gasteiger partial charge < -0.3 is 9.73 Å². The molecule has 0 amide bonds. The molecule has 0 unspecified atom stereocenters. The molecule has 1 N–H and O–H groups in total. The first-order valence-corrected chi connectivity index (χ1v) is 6.97. The number of hydrogen-bond donors (Lipinski definition) is 1.